The lowest BCUT2D eigenvalue weighted by atomic mass is 10.2. The third-order valence-electron chi connectivity index (χ3n) is 4.37. The van der Waals surface area contributed by atoms with Crippen LogP contribution >= 0.6 is 0 Å². The van der Waals surface area contributed by atoms with Gasteiger partial charge in [0.1, 0.15) is 11.6 Å². The number of nitriles is 1. The number of carbonyl (C=O) groups excluding carboxylic acids is 2. The van der Waals surface area contributed by atoms with Gasteiger partial charge < -0.3 is 15.1 Å². The number of piperazine rings is 1. The van der Waals surface area contributed by atoms with Gasteiger partial charge in [0, 0.05) is 50.9 Å². The van der Waals surface area contributed by atoms with E-state index in [1.807, 2.05) is 36.4 Å². The van der Waals surface area contributed by atoms with E-state index in [0.717, 1.165) is 16.6 Å². The minimum Gasteiger partial charge on any atom is -0.358 e. The van der Waals surface area contributed by atoms with Crippen molar-refractivity contribution in [1.82, 2.24) is 14.8 Å². The van der Waals surface area contributed by atoms with Crippen LogP contribution in [0.3, 0.4) is 0 Å². The number of benzene rings is 1. The van der Waals surface area contributed by atoms with E-state index < -0.39 is 0 Å². The topological polar surface area (TPSA) is 89.3 Å². The van der Waals surface area contributed by atoms with E-state index in [9.17, 15) is 14.9 Å². The van der Waals surface area contributed by atoms with Crippen molar-refractivity contribution in [2.75, 3.05) is 31.5 Å². The number of rotatable bonds is 3. The number of pyridine rings is 1. The number of para-hydroxylation sites is 1. The molecule has 3 rings (SSSR count). The number of anilines is 1. The molecule has 1 aliphatic rings. The van der Waals surface area contributed by atoms with Crippen LogP contribution in [0.2, 0.25) is 0 Å². The summed E-state index contributed by atoms with van der Waals surface area (Å²) < 4.78 is 0. The Morgan fingerprint density at radius 2 is 1.85 bits per heavy atom. The fourth-order valence-corrected chi connectivity index (χ4v) is 2.91. The number of fused-ring (bicyclic) bond motifs is 1. The third kappa shape index (κ3) is 3.64. The molecule has 7 heteroatoms. The lowest BCUT2D eigenvalue weighted by Gasteiger charge is -2.34. The highest BCUT2D eigenvalue weighted by Crippen LogP contribution is 2.21. The van der Waals surface area contributed by atoms with Gasteiger partial charge in [0.25, 0.3) is 5.91 Å². The molecule has 2 amide bonds. The second kappa shape index (κ2) is 7.66. The maximum Gasteiger partial charge on any atom is 0.266 e. The van der Waals surface area contributed by atoms with Gasteiger partial charge in [-0.3, -0.25) is 14.6 Å². The van der Waals surface area contributed by atoms with Gasteiger partial charge in [-0.05, 0) is 12.1 Å². The summed E-state index contributed by atoms with van der Waals surface area (Å²) in [5.41, 5.74) is 1.52. The highest BCUT2D eigenvalue weighted by molar-refractivity contribution is 5.98. The van der Waals surface area contributed by atoms with E-state index in [2.05, 4.69) is 10.3 Å². The fourth-order valence-electron chi connectivity index (χ4n) is 2.91. The van der Waals surface area contributed by atoms with Gasteiger partial charge in [-0.15, -0.1) is 0 Å². The van der Waals surface area contributed by atoms with Crippen LogP contribution in [0.1, 0.15) is 6.92 Å². The van der Waals surface area contributed by atoms with E-state index in [-0.39, 0.29) is 17.4 Å². The minimum atomic E-state index is -0.337. The smallest absolute Gasteiger partial charge is 0.266 e. The number of aromatic nitrogens is 1. The van der Waals surface area contributed by atoms with E-state index in [1.54, 1.807) is 16.0 Å². The van der Waals surface area contributed by atoms with Gasteiger partial charge in [0.15, 0.2) is 0 Å². The van der Waals surface area contributed by atoms with Crippen LogP contribution in [-0.4, -0.2) is 52.8 Å². The zero-order chi connectivity index (χ0) is 18.5. The number of amides is 2. The lowest BCUT2D eigenvalue weighted by molar-refractivity contribution is -0.136. The van der Waals surface area contributed by atoms with Gasteiger partial charge >= 0.3 is 0 Å². The normalized spacial score (nSPS) is 14.8. The Bertz CT molecular complexity index is 902. The first kappa shape index (κ1) is 17.4. The molecule has 0 saturated carbocycles. The average molecular weight is 349 g/mol. The first-order valence-electron chi connectivity index (χ1n) is 8.35. The number of hydrogen-bond donors (Lipinski definition) is 1. The van der Waals surface area contributed by atoms with Crippen LogP contribution in [0.4, 0.5) is 5.69 Å². The molecular weight excluding hydrogens is 330 g/mol. The van der Waals surface area contributed by atoms with Crippen LogP contribution in [0, 0.1) is 11.3 Å². The summed E-state index contributed by atoms with van der Waals surface area (Å²) in [4.78, 5) is 31.6. The second-order valence-corrected chi connectivity index (χ2v) is 5.99. The lowest BCUT2D eigenvalue weighted by Crippen LogP contribution is -2.50. The highest BCUT2D eigenvalue weighted by Gasteiger charge is 2.24. The zero-order valence-electron chi connectivity index (χ0n) is 14.5. The Hall–Kier alpha value is -3.40. The first-order valence-corrected chi connectivity index (χ1v) is 8.35. The molecule has 132 valence electrons. The second-order valence-electron chi connectivity index (χ2n) is 5.99. The molecule has 1 N–H and O–H groups in total. The van der Waals surface area contributed by atoms with Crippen molar-refractivity contribution >= 4 is 28.4 Å². The zero-order valence-corrected chi connectivity index (χ0v) is 14.5. The molecule has 1 aromatic heterocycles. The number of nitrogens with one attached hydrogen (secondary N) is 1. The molecule has 0 spiro atoms. The summed E-state index contributed by atoms with van der Waals surface area (Å²) in [5.74, 6) is -0.338. The fraction of sp³-hybridized carbons (Fsp3) is 0.263. The van der Waals surface area contributed by atoms with Crippen LogP contribution < -0.4 is 5.32 Å². The molecule has 1 saturated heterocycles. The number of nitrogens with zero attached hydrogens (tertiary/aromatic N) is 4. The summed E-state index contributed by atoms with van der Waals surface area (Å²) in [6.07, 6.45) is 3.12. The Morgan fingerprint density at radius 1 is 1.15 bits per heavy atom. The minimum absolute atomic E-state index is 0.00160. The number of carbonyl (C=O) groups is 2. The molecule has 0 atom stereocenters. The molecule has 0 unspecified atom stereocenters. The predicted octanol–water partition coefficient (Wildman–Crippen LogP) is 1.74. The Kier molecular flexibility index (Phi) is 5.13. The number of hydrogen-bond acceptors (Lipinski definition) is 5. The van der Waals surface area contributed by atoms with Crippen molar-refractivity contribution in [2.45, 2.75) is 6.92 Å². The predicted molar refractivity (Wildman–Crippen MR) is 97.9 cm³/mol. The molecule has 7 nitrogen and oxygen atoms in total. The largest absolute Gasteiger partial charge is 0.358 e. The summed E-state index contributed by atoms with van der Waals surface area (Å²) in [6, 6.07) is 11.4. The average Bonchev–Trinajstić information content (AvgIpc) is 2.68. The Labute approximate surface area is 151 Å². The quantitative estimate of drug-likeness (QED) is 0.673. The maximum atomic E-state index is 12.6. The van der Waals surface area contributed by atoms with Gasteiger partial charge in [-0.2, -0.15) is 5.26 Å². The first-order chi connectivity index (χ1) is 12.6. The summed E-state index contributed by atoms with van der Waals surface area (Å²) in [7, 11) is 0. The molecule has 0 radical (unpaired) electrons. The Balaban J connectivity index is 1.73. The molecule has 2 heterocycles. The van der Waals surface area contributed by atoms with Crippen molar-refractivity contribution in [3.63, 3.8) is 0 Å². The molecule has 1 aromatic carbocycles. The van der Waals surface area contributed by atoms with Crippen molar-refractivity contribution < 1.29 is 9.59 Å². The standard InChI is InChI=1S/C19H19N5O2/c1-14(25)23-8-10-24(11-9-23)19(26)16(12-20)13-22-17-6-2-4-15-5-3-7-21-18(15)17/h2-7,13,22H,8-11H2,1H3/b16-13-. The van der Waals surface area contributed by atoms with Crippen LogP contribution in [0.15, 0.2) is 48.3 Å². The summed E-state index contributed by atoms with van der Waals surface area (Å²) >= 11 is 0. The van der Waals surface area contributed by atoms with Gasteiger partial charge in [0.05, 0.1) is 11.2 Å². The van der Waals surface area contributed by atoms with Crippen molar-refractivity contribution in [2.24, 2.45) is 0 Å². The van der Waals surface area contributed by atoms with Crippen molar-refractivity contribution in [3.05, 3.63) is 48.3 Å². The van der Waals surface area contributed by atoms with Crippen LogP contribution in [0.25, 0.3) is 10.9 Å². The SMILES string of the molecule is CC(=O)N1CCN(C(=O)/C(C#N)=C\Nc2cccc3cccnc23)CC1. The molecule has 0 aliphatic carbocycles. The third-order valence-corrected chi connectivity index (χ3v) is 4.37. The van der Waals surface area contributed by atoms with Crippen molar-refractivity contribution in [1.29, 1.82) is 5.26 Å². The van der Waals surface area contributed by atoms with E-state index in [4.69, 9.17) is 0 Å². The van der Waals surface area contributed by atoms with E-state index >= 15 is 0 Å². The molecule has 2 aromatic rings. The Morgan fingerprint density at radius 3 is 2.54 bits per heavy atom. The molecular formula is C19H19N5O2. The van der Waals surface area contributed by atoms with Gasteiger partial charge in [0.2, 0.25) is 5.91 Å². The highest BCUT2D eigenvalue weighted by atomic mass is 16.2. The summed E-state index contributed by atoms with van der Waals surface area (Å²) in [6.45, 7) is 3.33. The van der Waals surface area contributed by atoms with Gasteiger partial charge in [-0.25, -0.2) is 0 Å². The molecule has 1 fully saturated rings. The van der Waals surface area contributed by atoms with E-state index in [1.165, 1.54) is 13.1 Å². The van der Waals surface area contributed by atoms with Crippen LogP contribution in [-0.2, 0) is 9.59 Å². The maximum absolute atomic E-state index is 12.6. The molecule has 0 bridgehead atoms. The summed E-state index contributed by atoms with van der Waals surface area (Å²) in [5, 5.41) is 13.4. The molecule has 26 heavy (non-hydrogen) atoms. The van der Waals surface area contributed by atoms with Crippen molar-refractivity contribution in [3.8, 4) is 6.07 Å². The van der Waals surface area contributed by atoms with Gasteiger partial charge in [-0.1, -0.05) is 18.2 Å². The molecule has 1 aliphatic heterocycles. The van der Waals surface area contributed by atoms with Crippen LogP contribution in [0.5, 0.6) is 0 Å². The van der Waals surface area contributed by atoms with E-state index in [0.29, 0.717) is 26.2 Å². The monoisotopic (exact) mass is 349 g/mol.